The monoisotopic (exact) mass is 648 g/mol. The van der Waals surface area contributed by atoms with Gasteiger partial charge in [-0.1, -0.05) is 0 Å². The summed E-state index contributed by atoms with van der Waals surface area (Å²) in [6.45, 7) is 3.83. The molecule has 12 nitrogen and oxygen atoms in total. The fourth-order valence-corrected chi connectivity index (χ4v) is 3.82. The molecule has 2 amide bonds. The first-order chi connectivity index (χ1) is 20.9. The Morgan fingerprint density at radius 3 is 1.84 bits per heavy atom. The summed E-state index contributed by atoms with van der Waals surface area (Å²) < 4.78 is 65.5. The molecule has 0 bridgehead atoms. The van der Waals surface area contributed by atoms with Crippen LogP contribution in [0.3, 0.4) is 0 Å². The minimum Gasteiger partial charge on any atom is -0.475 e. The van der Waals surface area contributed by atoms with E-state index < -0.39 is 24.3 Å². The SMILES string of the molecule is CN(C)CC(=O)N1CCN(c2ccc3ccc(C(=O)NCc4ccncc4)cn23)CC1.O=C(O)C(F)(F)F.O=C(O)C(F)(F)F. The van der Waals surface area contributed by atoms with E-state index in [1.54, 1.807) is 12.4 Å². The number of hydrogen-bond acceptors (Lipinski definition) is 7. The Hall–Kier alpha value is -4.87. The number of halogens is 6. The van der Waals surface area contributed by atoms with E-state index in [0.29, 0.717) is 31.7 Å². The Morgan fingerprint density at radius 1 is 0.844 bits per heavy atom. The Labute approximate surface area is 252 Å². The maximum absolute atomic E-state index is 12.7. The molecule has 1 aliphatic rings. The van der Waals surface area contributed by atoms with E-state index >= 15 is 0 Å². The highest BCUT2D eigenvalue weighted by Gasteiger charge is 2.38. The van der Waals surface area contributed by atoms with Crippen LogP contribution in [0.25, 0.3) is 5.52 Å². The van der Waals surface area contributed by atoms with Gasteiger partial charge in [0.2, 0.25) is 5.91 Å². The van der Waals surface area contributed by atoms with Crippen molar-refractivity contribution < 1.29 is 55.7 Å². The lowest BCUT2D eigenvalue weighted by Crippen LogP contribution is -2.51. The third-order valence-electron chi connectivity index (χ3n) is 5.99. The number of amides is 2. The zero-order valence-electron chi connectivity index (χ0n) is 24.0. The molecule has 45 heavy (non-hydrogen) atoms. The summed E-state index contributed by atoms with van der Waals surface area (Å²) in [6, 6.07) is 11.7. The first-order valence-corrected chi connectivity index (χ1v) is 13.0. The average molecular weight is 649 g/mol. The van der Waals surface area contributed by atoms with E-state index in [0.717, 1.165) is 30.0 Å². The van der Waals surface area contributed by atoms with Crippen LogP contribution in [0, 0.1) is 0 Å². The fourth-order valence-electron chi connectivity index (χ4n) is 3.82. The number of carbonyl (C=O) groups excluding carboxylic acids is 2. The van der Waals surface area contributed by atoms with Crippen LogP contribution in [0.1, 0.15) is 15.9 Å². The number of fused-ring (bicyclic) bond motifs is 1. The summed E-state index contributed by atoms with van der Waals surface area (Å²) in [7, 11) is 3.82. The number of pyridine rings is 2. The van der Waals surface area contributed by atoms with Gasteiger partial charge in [0.05, 0.1) is 12.1 Å². The van der Waals surface area contributed by atoms with Crippen molar-refractivity contribution >= 4 is 35.1 Å². The van der Waals surface area contributed by atoms with E-state index in [4.69, 9.17) is 19.8 Å². The first-order valence-electron chi connectivity index (χ1n) is 13.0. The van der Waals surface area contributed by atoms with Crippen LogP contribution in [0.15, 0.2) is 55.0 Å². The van der Waals surface area contributed by atoms with Crippen LogP contribution >= 0.6 is 0 Å². The molecule has 0 unspecified atom stereocenters. The van der Waals surface area contributed by atoms with Crippen LogP contribution in [-0.4, -0.2) is 112 Å². The average Bonchev–Trinajstić information content (AvgIpc) is 3.39. The minimum absolute atomic E-state index is 0.113. The van der Waals surface area contributed by atoms with Gasteiger partial charge in [-0.25, -0.2) is 9.59 Å². The molecule has 1 fully saturated rings. The van der Waals surface area contributed by atoms with Gasteiger partial charge in [0, 0.05) is 56.8 Å². The van der Waals surface area contributed by atoms with Crippen molar-refractivity contribution in [1.29, 1.82) is 0 Å². The van der Waals surface area contributed by atoms with E-state index in [1.807, 2.05) is 54.4 Å². The van der Waals surface area contributed by atoms with Crippen molar-refractivity contribution in [2.75, 3.05) is 51.7 Å². The smallest absolute Gasteiger partial charge is 0.475 e. The highest BCUT2D eigenvalue weighted by Crippen LogP contribution is 2.22. The summed E-state index contributed by atoms with van der Waals surface area (Å²) in [5, 5.41) is 17.2. The number of nitrogens with one attached hydrogen (secondary N) is 1. The Kier molecular flexibility index (Phi) is 12.7. The fraction of sp³-hybridized carbons (Fsp3) is 0.370. The lowest BCUT2D eigenvalue weighted by Gasteiger charge is -2.36. The predicted octanol–water partition coefficient (Wildman–Crippen LogP) is 2.74. The van der Waals surface area contributed by atoms with E-state index in [9.17, 15) is 35.9 Å². The number of aliphatic carboxylic acids is 2. The summed E-state index contributed by atoms with van der Waals surface area (Å²) in [5.74, 6) is -4.42. The topological polar surface area (TPSA) is 148 Å². The van der Waals surface area contributed by atoms with Gasteiger partial charge in [0.15, 0.2) is 0 Å². The maximum atomic E-state index is 12.7. The lowest BCUT2D eigenvalue weighted by molar-refractivity contribution is -0.193. The van der Waals surface area contributed by atoms with Gasteiger partial charge >= 0.3 is 24.3 Å². The first kappa shape index (κ1) is 36.3. The molecule has 18 heteroatoms. The number of carbonyl (C=O) groups is 4. The summed E-state index contributed by atoms with van der Waals surface area (Å²) in [4.78, 5) is 52.9. The third-order valence-corrected chi connectivity index (χ3v) is 5.99. The molecule has 0 radical (unpaired) electrons. The molecule has 3 aromatic rings. The number of hydrogen-bond donors (Lipinski definition) is 3. The number of rotatable bonds is 6. The molecule has 4 rings (SSSR count). The molecule has 0 aliphatic carbocycles. The second kappa shape index (κ2) is 15.7. The highest BCUT2D eigenvalue weighted by molar-refractivity contribution is 5.94. The molecule has 1 aliphatic heterocycles. The number of piperazine rings is 1. The Morgan fingerprint density at radius 2 is 1.36 bits per heavy atom. The number of likely N-dealkylation sites (N-methyl/N-ethyl adjacent to an activating group) is 1. The highest BCUT2D eigenvalue weighted by atomic mass is 19.4. The van der Waals surface area contributed by atoms with Crippen LogP contribution in [0.4, 0.5) is 32.2 Å². The van der Waals surface area contributed by atoms with Crippen LogP contribution in [0.2, 0.25) is 0 Å². The second-order valence-corrected chi connectivity index (χ2v) is 9.65. The number of alkyl halides is 6. The zero-order valence-corrected chi connectivity index (χ0v) is 24.0. The molecular weight excluding hydrogens is 618 g/mol. The van der Waals surface area contributed by atoms with Gasteiger partial charge in [-0.05, 0) is 56.1 Å². The van der Waals surface area contributed by atoms with Crippen LogP contribution in [0.5, 0.6) is 0 Å². The van der Waals surface area contributed by atoms with Crippen molar-refractivity contribution in [3.63, 3.8) is 0 Å². The third kappa shape index (κ3) is 11.6. The van der Waals surface area contributed by atoms with Crippen molar-refractivity contribution in [3.05, 3.63) is 66.1 Å². The summed E-state index contributed by atoms with van der Waals surface area (Å²) in [5.41, 5.74) is 2.65. The minimum atomic E-state index is -5.08. The molecule has 0 aromatic carbocycles. The van der Waals surface area contributed by atoms with Crippen molar-refractivity contribution in [1.82, 2.24) is 24.5 Å². The number of carboxylic acids is 2. The molecule has 0 spiro atoms. The molecule has 4 heterocycles. The van der Waals surface area contributed by atoms with E-state index in [1.165, 1.54) is 0 Å². The van der Waals surface area contributed by atoms with E-state index in [2.05, 4.69) is 31.7 Å². The lowest BCUT2D eigenvalue weighted by atomic mass is 10.2. The standard InChI is InChI=1S/C23H28N6O2.2C2HF3O2/c1-26(2)17-22(30)28-13-11-27(12-14-28)21-6-5-20-4-3-19(16-29(20)21)23(31)25-15-18-7-9-24-10-8-18;2*3-2(4,5)1(6)7/h3-10,16H,11-15,17H2,1-2H3,(H,25,31);2*(H,6,7). The van der Waals surface area contributed by atoms with Crippen LogP contribution in [-0.2, 0) is 20.9 Å². The summed E-state index contributed by atoms with van der Waals surface area (Å²) in [6.07, 6.45) is -4.85. The molecule has 0 saturated carbocycles. The van der Waals surface area contributed by atoms with Gasteiger partial charge in [-0.2, -0.15) is 26.3 Å². The molecular formula is C27H30F6N6O6. The van der Waals surface area contributed by atoms with Gasteiger partial charge in [-0.15, -0.1) is 0 Å². The molecule has 246 valence electrons. The Bertz CT molecular complexity index is 1430. The van der Waals surface area contributed by atoms with Crippen molar-refractivity contribution in [2.24, 2.45) is 0 Å². The maximum Gasteiger partial charge on any atom is 0.490 e. The zero-order chi connectivity index (χ0) is 33.9. The quantitative estimate of drug-likeness (QED) is 0.344. The second-order valence-electron chi connectivity index (χ2n) is 9.65. The normalized spacial score (nSPS) is 13.4. The number of nitrogens with zero attached hydrogens (tertiary/aromatic N) is 5. The molecule has 3 aromatic heterocycles. The molecule has 3 N–H and O–H groups in total. The summed E-state index contributed by atoms with van der Waals surface area (Å²) >= 11 is 0. The van der Waals surface area contributed by atoms with Gasteiger partial charge in [-0.3, -0.25) is 14.6 Å². The number of carboxylic acid groups (broad SMARTS) is 2. The van der Waals surface area contributed by atoms with Crippen LogP contribution < -0.4 is 10.2 Å². The van der Waals surface area contributed by atoms with E-state index in [-0.39, 0.29) is 11.8 Å². The van der Waals surface area contributed by atoms with Gasteiger partial charge < -0.3 is 34.6 Å². The number of anilines is 1. The Balaban J connectivity index is 0.000000421. The predicted molar refractivity (Wildman–Crippen MR) is 148 cm³/mol. The van der Waals surface area contributed by atoms with Gasteiger partial charge in [0.1, 0.15) is 5.82 Å². The van der Waals surface area contributed by atoms with Crippen molar-refractivity contribution in [2.45, 2.75) is 18.9 Å². The van der Waals surface area contributed by atoms with Crippen molar-refractivity contribution in [3.8, 4) is 0 Å². The van der Waals surface area contributed by atoms with Gasteiger partial charge in [0.25, 0.3) is 5.91 Å². The number of aromatic nitrogens is 2. The largest absolute Gasteiger partial charge is 0.490 e. The molecule has 0 atom stereocenters. The molecule has 1 saturated heterocycles.